The summed E-state index contributed by atoms with van der Waals surface area (Å²) < 4.78 is 15.7. The maximum Gasteiger partial charge on any atom is 0.384 e. The fourth-order valence-corrected chi connectivity index (χ4v) is 1.95. The van der Waals surface area contributed by atoms with E-state index in [1.807, 2.05) is 0 Å². The molecule has 5 heteroatoms. The van der Waals surface area contributed by atoms with Crippen molar-refractivity contribution >= 4 is 11.9 Å². The SMILES string of the molecule is CC#CC(=O)O[C@@H]1[C@H](OC(C)=O)[C@@H]2C=C[C@H]1O2. The van der Waals surface area contributed by atoms with E-state index >= 15 is 0 Å². The molecule has 2 bridgehead atoms. The second-order valence-electron chi connectivity index (χ2n) is 3.77. The number of ether oxygens (including phenoxy) is 3. The maximum absolute atomic E-state index is 11.3. The van der Waals surface area contributed by atoms with Gasteiger partial charge in [-0.15, -0.1) is 0 Å². The molecule has 0 saturated carbocycles. The Kier molecular flexibility index (Phi) is 3.16. The van der Waals surface area contributed by atoms with Gasteiger partial charge in [0.25, 0.3) is 0 Å². The van der Waals surface area contributed by atoms with Gasteiger partial charge in [0.2, 0.25) is 0 Å². The topological polar surface area (TPSA) is 61.8 Å². The van der Waals surface area contributed by atoms with Crippen LogP contribution in [0.2, 0.25) is 0 Å². The van der Waals surface area contributed by atoms with E-state index in [-0.39, 0.29) is 12.2 Å². The van der Waals surface area contributed by atoms with Crippen LogP contribution >= 0.6 is 0 Å². The van der Waals surface area contributed by atoms with E-state index in [1.165, 1.54) is 6.92 Å². The van der Waals surface area contributed by atoms with Crippen LogP contribution in [-0.2, 0) is 23.8 Å². The van der Waals surface area contributed by atoms with Gasteiger partial charge in [-0.3, -0.25) is 4.79 Å². The molecule has 1 fully saturated rings. The van der Waals surface area contributed by atoms with Crippen LogP contribution in [0.5, 0.6) is 0 Å². The molecule has 0 unspecified atom stereocenters. The van der Waals surface area contributed by atoms with Gasteiger partial charge < -0.3 is 14.2 Å². The molecule has 0 amide bonds. The zero-order valence-electron chi connectivity index (χ0n) is 9.51. The number of carbonyl (C=O) groups excluding carboxylic acids is 2. The van der Waals surface area contributed by atoms with Crippen LogP contribution in [0.15, 0.2) is 12.2 Å². The van der Waals surface area contributed by atoms with E-state index in [4.69, 9.17) is 14.2 Å². The molecule has 17 heavy (non-hydrogen) atoms. The zero-order valence-corrected chi connectivity index (χ0v) is 9.51. The Bertz CT molecular complexity index is 428. The molecule has 0 aromatic heterocycles. The average Bonchev–Trinajstić information content (AvgIpc) is 2.81. The fourth-order valence-electron chi connectivity index (χ4n) is 1.95. The third-order valence-corrected chi connectivity index (χ3v) is 2.55. The summed E-state index contributed by atoms with van der Waals surface area (Å²) in [6.45, 7) is 2.85. The van der Waals surface area contributed by atoms with Crippen molar-refractivity contribution in [3.8, 4) is 11.8 Å². The Morgan fingerprint density at radius 2 is 1.76 bits per heavy atom. The van der Waals surface area contributed by atoms with Gasteiger partial charge in [-0.1, -0.05) is 18.1 Å². The van der Waals surface area contributed by atoms with Crippen LogP contribution in [0.25, 0.3) is 0 Å². The lowest BCUT2D eigenvalue weighted by Gasteiger charge is -2.23. The summed E-state index contributed by atoms with van der Waals surface area (Å²) in [5.74, 6) is 3.66. The summed E-state index contributed by atoms with van der Waals surface area (Å²) >= 11 is 0. The highest BCUT2D eigenvalue weighted by molar-refractivity contribution is 5.88. The van der Waals surface area contributed by atoms with Crippen LogP contribution in [0.1, 0.15) is 13.8 Å². The molecule has 2 aliphatic heterocycles. The van der Waals surface area contributed by atoms with Crippen LogP contribution < -0.4 is 0 Å². The largest absolute Gasteiger partial charge is 0.455 e. The lowest BCUT2D eigenvalue weighted by atomic mass is 10.0. The highest BCUT2D eigenvalue weighted by Gasteiger charge is 2.50. The Labute approximate surface area is 98.7 Å². The fraction of sp³-hybridized carbons (Fsp3) is 0.500. The van der Waals surface area contributed by atoms with Gasteiger partial charge in [0.15, 0.2) is 12.2 Å². The van der Waals surface area contributed by atoms with Crippen molar-refractivity contribution in [2.75, 3.05) is 0 Å². The molecule has 2 heterocycles. The molecule has 5 nitrogen and oxygen atoms in total. The second kappa shape index (κ2) is 4.60. The first-order valence-electron chi connectivity index (χ1n) is 5.26. The number of hydrogen-bond acceptors (Lipinski definition) is 5. The monoisotopic (exact) mass is 236 g/mol. The highest BCUT2D eigenvalue weighted by Crippen LogP contribution is 2.33. The van der Waals surface area contributed by atoms with E-state index in [0.717, 1.165) is 0 Å². The molecule has 0 N–H and O–H groups in total. The zero-order chi connectivity index (χ0) is 12.4. The van der Waals surface area contributed by atoms with Gasteiger partial charge >= 0.3 is 11.9 Å². The van der Waals surface area contributed by atoms with E-state index < -0.39 is 24.1 Å². The highest BCUT2D eigenvalue weighted by atomic mass is 16.6. The molecule has 0 aliphatic carbocycles. The van der Waals surface area contributed by atoms with Crippen LogP contribution in [0.3, 0.4) is 0 Å². The van der Waals surface area contributed by atoms with Gasteiger partial charge in [-0.25, -0.2) is 4.79 Å². The molecular formula is C12H12O5. The number of esters is 2. The first kappa shape index (κ1) is 11.7. The smallest absolute Gasteiger partial charge is 0.384 e. The minimum absolute atomic E-state index is 0.337. The van der Waals surface area contributed by atoms with Crippen molar-refractivity contribution in [1.82, 2.24) is 0 Å². The summed E-state index contributed by atoms with van der Waals surface area (Å²) in [6, 6.07) is 0. The molecule has 0 aromatic rings. The van der Waals surface area contributed by atoms with Crippen molar-refractivity contribution in [3.63, 3.8) is 0 Å². The predicted octanol–water partition coefficient (Wildman–Crippen LogP) is 0.190. The normalized spacial score (nSPS) is 32.8. The van der Waals surface area contributed by atoms with Gasteiger partial charge in [-0.2, -0.15) is 0 Å². The van der Waals surface area contributed by atoms with Crippen LogP contribution in [-0.4, -0.2) is 36.4 Å². The summed E-state index contributed by atoms with van der Waals surface area (Å²) in [6.07, 6.45) is 1.71. The maximum atomic E-state index is 11.3. The van der Waals surface area contributed by atoms with Crippen molar-refractivity contribution in [2.24, 2.45) is 0 Å². The Balaban J connectivity index is 2.07. The van der Waals surface area contributed by atoms with Crippen LogP contribution in [0.4, 0.5) is 0 Å². The molecule has 0 radical (unpaired) electrons. The molecule has 1 saturated heterocycles. The quantitative estimate of drug-likeness (QED) is 0.296. The minimum atomic E-state index is -0.640. The summed E-state index contributed by atoms with van der Waals surface area (Å²) in [5, 5.41) is 0. The van der Waals surface area contributed by atoms with E-state index in [2.05, 4.69) is 11.8 Å². The lowest BCUT2D eigenvalue weighted by Crippen LogP contribution is -2.41. The lowest BCUT2D eigenvalue weighted by molar-refractivity contribution is -0.161. The average molecular weight is 236 g/mol. The Morgan fingerprint density at radius 3 is 2.29 bits per heavy atom. The second-order valence-corrected chi connectivity index (χ2v) is 3.77. The number of carbonyl (C=O) groups is 2. The number of hydrogen-bond donors (Lipinski definition) is 0. The van der Waals surface area contributed by atoms with Crippen molar-refractivity contribution in [3.05, 3.63) is 12.2 Å². The van der Waals surface area contributed by atoms with Gasteiger partial charge in [-0.05, 0) is 6.92 Å². The standard InChI is InChI=1S/C12H12O5/c1-3-4-10(14)17-12-9-6-5-8(16-9)11(12)15-7(2)13/h5-6,8-9,11-12H,1-2H3/t8-,9+,11+,12-/m0/s1. The summed E-state index contributed by atoms with van der Waals surface area (Å²) in [4.78, 5) is 22.3. The van der Waals surface area contributed by atoms with Gasteiger partial charge in [0, 0.05) is 12.8 Å². The first-order valence-corrected chi connectivity index (χ1v) is 5.26. The molecule has 90 valence electrons. The van der Waals surface area contributed by atoms with Crippen molar-refractivity contribution < 1.29 is 23.8 Å². The Morgan fingerprint density at radius 1 is 1.18 bits per heavy atom. The number of fused-ring (bicyclic) bond motifs is 2. The molecule has 0 spiro atoms. The summed E-state index contributed by atoms with van der Waals surface area (Å²) in [5.41, 5.74) is 0. The van der Waals surface area contributed by atoms with Crippen LogP contribution in [0, 0.1) is 11.8 Å². The van der Waals surface area contributed by atoms with Gasteiger partial charge in [0.05, 0.1) is 0 Å². The van der Waals surface area contributed by atoms with Crippen molar-refractivity contribution in [2.45, 2.75) is 38.3 Å². The minimum Gasteiger partial charge on any atom is -0.455 e. The number of rotatable bonds is 2. The molecule has 2 aliphatic rings. The first-order chi connectivity index (χ1) is 8.11. The van der Waals surface area contributed by atoms with Crippen molar-refractivity contribution in [1.29, 1.82) is 0 Å². The third-order valence-electron chi connectivity index (χ3n) is 2.55. The molecule has 4 atom stereocenters. The third kappa shape index (κ3) is 2.32. The molecular weight excluding hydrogens is 224 g/mol. The summed E-state index contributed by atoms with van der Waals surface area (Å²) in [7, 11) is 0. The van der Waals surface area contributed by atoms with Gasteiger partial charge in [0.1, 0.15) is 12.2 Å². The Hall–Kier alpha value is -1.80. The van der Waals surface area contributed by atoms with E-state index in [1.54, 1.807) is 19.1 Å². The predicted molar refractivity (Wildman–Crippen MR) is 56.7 cm³/mol. The van der Waals surface area contributed by atoms with E-state index in [0.29, 0.717) is 0 Å². The van der Waals surface area contributed by atoms with E-state index in [9.17, 15) is 9.59 Å². The molecule has 0 aromatic carbocycles. The molecule has 2 rings (SSSR count).